The van der Waals surface area contributed by atoms with E-state index >= 15 is 0 Å². The second kappa shape index (κ2) is 18.7. The first kappa shape index (κ1) is 27.7. The van der Waals surface area contributed by atoms with Gasteiger partial charge in [-0.15, -0.1) is 0 Å². The van der Waals surface area contributed by atoms with Gasteiger partial charge in [-0.25, -0.2) is 4.39 Å². The lowest BCUT2D eigenvalue weighted by molar-refractivity contribution is -0.178. The molecule has 2 atom stereocenters. The Labute approximate surface area is 171 Å². The topological polar surface area (TPSA) is 9.23 Å². The van der Waals surface area contributed by atoms with Gasteiger partial charge in [-0.1, -0.05) is 84.0 Å². The van der Waals surface area contributed by atoms with Crippen molar-refractivity contribution in [2.24, 2.45) is 5.92 Å². The van der Waals surface area contributed by atoms with Gasteiger partial charge in [0.2, 0.25) is 0 Å². The molecule has 0 aromatic rings. The first-order valence-corrected chi connectivity index (χ1v) is 11.6. The zero-order chi connectivity index (χ0) is 21.1. The highest BCUT2D eigenvalue weighted by molar-refractivity contribution is 4.69. The molecule has 0 amide bonds. The lowest BCUT2D eigenvalue weighted by atomic mass is 9.93. The first-order valence-electron chi connectivity index (χ1n) is 11.6. The molecule has 2 unspecified atom stereocenters. The average molecular weight is 413 g/mol. The maximum Gasteiger partial charge on any atom is 0.391 e. The van der Waals surface area contributed by atoms with Crippen LogP contribution in [0.2, 0.25) is 0 Å². The molecule has 0 bridgehead atoms. The maximum absolute atomic E-state index is 13.8. The van der Waals surface area contributed by atoms with E-state index in [4.69, 9.17) is 4.74 Å². The van der Waals surface area contributed by atoms with Crippen molar-refractivity contribution in [1.82, 2.24) is 0 Å². The number of rotatable bonds is 20. The van der Waals surface area contributed by atoms with E-state index in [1.54, 1.807) is 7.11 Å². The van der Waals surface area contributed by atoms with E-state index in [1.165, 1.54) is 6.42 Å². The summed E-state index contributed by atoms with van der Waals surface area (Å²) in [5.41, 5.74) is 0. The summed E-state index contributed by atoms with van der Waals surface area (Å²) in [5, 5.41) is 0. The summed E-state index contributed by atoms with van der Waals surface area (Å²) in [7, 11) is 1.68. The lowest BCUT2D eigenvalue weighted by Gasteiger charge is -2.20. The fraction of sp³-hybridized carbons (Fsp3) is 1.00. The third-order valence-corrected chi connectivity index (χ3v) is 5.55. The molecule has 5 heteroatoms. The van der Waals surface area contributed by atoms with Crippen LogP contribution in [0.25, 0.3) is 0 Å². The van der Waals surface area contributed by atoms with Crippen LogP contribution in [0.3, 0.4) is 0 Å². The monoisotopic (exact) mass is 412 g/mol. The van der Waals surface area contributed by atoms with Gasteiger partial charge in [-0.3, -0.25) is 0 Å². The highest BCUT2D eigenvalue weighted by Crippen LogP contribution is 2.34. The van der Waals surface area contributed by atoms with E-state index < -0.39 is 18.3 Å². The second-order valence-electron chi connectivity index (χ2n) is 8.23. The molecule has 0 aromatic heterocycles. The fourth-order valence-electron chi connectivity index (χ4n) is 3.69. The van der Waals surface area contributed by atoms with Crippen LogP contribution in [-0.4, -0.2) is 26.1 Å². The maximum atomic E-state index is 13.8. The van der Waals surface area contributed by atoms with Gasteiger partial charge in [0.05, 0.1) is 5.92 Å². The average Bonchev–Trinajstić information content (AvgIpc) is 2.64. The molecule has 0 N–H and O–H groups in total. The van der Waals surface area contributed by atoms with Crippen molar-refractivity contribution in [1.29, 1.82) is 0 Å². The zero-order valence-corrected chi connectivity index (χ0v) is 18.3. The number of halogens is 4. The Bertz CT molecular complexity index is 320. The number of ether oxygens (including phenoxy) is 1. The van der Waals surface area contributed by atoms with E-state index in [0.717, 1.165) is 58.0 Å². The van der Waals surface area contributed by atoms with Crippen molar-refractivity contribution >= 4 is 0 Å². The minimum absolute atomic E-state index is 0.203. The van der Waals surface area contributed by atoms with Crippen LogP contribution in [0.1, 0.15) is 116 Å². The van der Waals surface area contributed by atoms with Crippen LogP contribution in [-0.2, 0) is 4.74 Å². The summed E-state index contributed by atoms with van der Waals surface area (Å²) in [6.07, 6.45) is 8.68. The highest BCUT2D eigenvalue weighted by atomic mass is 19.4. The van der Waals surface area contributed by atoms with Crippen LogP contribution in [0, 0.1) is 5.92 Å². The molecule has 0 aliphatic heterocycles. The van der Waals surface area contributed by atoms with Gasteiger partial charge in [0.1, 0.15) is 6.17 Å². The van der Waals surface area contributed by atoms with Gasteiger partial charge < -0.3 is 4.74 Å². The standard InChI is InChI=1S/C23H44F4O/c1-3-4-5-6-7-11-16-21(23(25,26)27)17-12-10-14-19-22(24)18-13-8-9-15-20-28-2/h21-22H,3-20H2,1-2H3. The Balaban J connectivity index is 3.72. The Hall–Kier alpha value is -0.320. The summed E-state index contributed by atoms with van der Waals surface area (Å²) in [6, 6.07) is 0. The lowest BCUT2D eigenvalue weighted by Crippen LogP contribution is -2.22. The summed E-state index contributed by atoms with van der Waals surface area (Å²) < 4.78 is 58.3. The quantitative estimate of drug-likeness (QED) is 0.143. The van der Waals surface area contributed by atoms with E-state index in [2.05, 4.69) is 6.92 Å². The van der Waals surface area contributed by atoms with E-state index in [9.17, 15) is 17.6 Å². The number of unbranched alkanes of at least 4 members (excludes halogenated alkanes) is 10. The van der Waals surface area contributed by atoms with Crippen LogP contribution >= 0.6 is 0 Å². The molecular formula is C23H44F4O. The van der Waals surface area contributed by atoms with Gasteiger partial charge >= 0.3 is 6.18 Å². The Morgan fingerprint density at radius 1 is 0.643 bits per heavy atom. The molecule has 28 heavy (non-hydrogen) atoms. The minimum atomic E-state index is -4.09. The van der Waals surface area contributed by atoms with Crippen molar-refractivity contribution in [3.8, 4) is 0 Å². The Kier molecular flexibility index (Phi) is 18.5. The number of methoxy groups -OCH3 is 1. The second-order valence-corrected chi connectivity index (χ2v) is 8.23. The summed E-state index contributed by atoms with van der Waals surface area (Å²) >= 11 is 0. The van der Waals surface area contributed by atoms with E-state index in [-0.39, 0.29) is 12.8 Å². The summed E-state index contributed by atoms with van der Waals surface area (Å²) in [6.45, 7) is 2.89. The van der Waals surface area contributed by atoms with Crippen LogP contribution in [0.15, 0.2) is 0 Å². The fourth-order valence-corrected chi connectivity index (χ4v) is 3.69. The molecular weight excluding hydrogens is 368 g/mol. The molecule has 0 fully saturated rings. The largest absolute Gasteiger partial charge is 0.391 e. The van der Waals surface area contributed by atoms with Crippen molar-refractivity contribution in [3.63, 3.8) is 0 Å². The normalized spacial score (nSPS) is 14.4. The third-order valence-electron chi connectivity index (χ3n) is 5.55. The predicted molar refractivity (Wildman–Crippen MR) is 110 cm³/mol. The van der Waals surface area contributed by atoms with Crippen LogP contribution < -0.4 is 0 Å². The van der Waals surface area contributed by atoms with Crippen molar-refractivity contribution in [2.75, 3.05) is 13.7 Å². The molecule has 0 aliphatic carbocycles. The SMILES string of the molecule is CCCCCCCCC(CCCCCC(F)CCCCCCOC)C(F)(F)F. The Morgan fingerprint density at radius 2 is 1.07 bits per heavy atom. The number of hydrogen-bond donors (Lipinski definition) is 0. The van der Waals surface area contributed by atoms with Gasteiger partial charge in [0, 0.05) is 13.7 Å². The first-order chi connectivity index (χ1) is 13.4. The molecule has 0 heterocycles. The molecule has 1 nitrogen and oxygen atoms in total. The van der Waals surface area contributed by atoms with Gasteiger partial charge in [0.25, 0.3) is 0 Å². The molecule has 170 valence electrons. The van der Waals surface area contributed by atoms with Crippen molar-refractivity contribution in [3.05, 3.63) is 0 Å². The zero-order valence-electron chi connectivity index (χ0n) is 18.3. The van der Waals surface area contributed by atoms with Crippen LogP contribution in [0.4, 0.5) is 17.6 Å². The molecule has 0 saturated carbocycles. The molecule has 0 rings (SSSR count). The van der Waals surface area contributed by atoms with E-state index in [0.29, 0.717) is 38.5 Å². The predicted octanol–water partition coefficient (Wildman–Crippen LogP) is 8.80. The minimum Gasteiger partial charge on any atom is -0.385 e. The van der Waals surface area contributed by atoms with Crippen molar-refractivity contribution < 1.29 is 22.3 Å². The highest BCUT2D eigenvalue weighted by Gasteiger charge is 2.38. The Morgan fingerprint density at radius 3 is 1.57 bits per heavy atom. The molecule has 0 aromatic carbocycles. The molecule has 0 spiro atoms. The van der Waals surface area contributed by atoms with Crippen molar-refractivity contribution in [2.45, 2.75) is 128 Å². The number of alkyl halides is 4. The number of hydrogen-bond acceptors (Lipinski definition) is 1. The van der Waals surface area contributed by atoms with Gasteiger partial charge in [-0.2, -0.15) is 13.2 Å². The third kappa shape index (κ3) is 17.8. The summed E-state index contributed by atoms with van der Waals surface area (Å²) in [5.74, 6) is -1.17. The molecule has 0 aliphatic rings. The molecule has 0 radical (unpaired) electrons. The van der Waals surface area contributed by atoms with Gasteiger partial charge in [0.15, 0.2) is 0 Å². The summed E-state index contributed by atoms with van der Waals surface area (Å²) in [4.78, 5) is 0. The van der Waals surface area contributed by atoms with Gasteiger partial charge in [-0.05, 0) is 32.1 Å². The van der Waals surface area contributed by atoms with E-state index in [1.807, 2.05) is 0 Å². The smallest absolute Gasteiger partial charge is 0.385 e. The molecule has 0 saturated heterocycles. The van der Waals surface area contributed by atoms with Crippen LogP contribution in [0.5, 0.6) is 0 Å².